The lowest BCUT2D eigenvalue weighted by atomic mass is 10.2. The highest BCUT2D eigenvalue weighted by atomic mass is 35.5. The Labute approximate surface area is 88.8 Å². The number of alkyl halides is 3. The molecule has 80 valence electrons. The molecule has 1 aromatic rings. The van der Waals surface area contributed by atoms with E-state index in [0.29, 0.717) is 0 Å². The topological polar surface area (TPSA) is 33.0 Å². The molecule has 0 atom stereocenters. The number of hydrogen-bond acceptors (Lipinski definition) is 2. The van der Waals surface area contributed by atoms with E-state index in [0.717, 1.165) is 0 Å². The van der Waals surface area contributed by atoms with Crippen molar-refractivity contribution in [2.24, 2.45) is 0 Å². The van der Waals surface area contributed by atoms with Gasteiger partial charge < -0.3 is 4.74 Å². The van der Waals surface area contributed by atoms with E-state index in [2.05, 4.69) is 4.74 Å². The molecular formula is C9H5ClF3NO. The van der Waals surface area contributed by atoms with Gasteiger partial charge in [0.05, 0.1) is 16.7 Å². The molecular weight excluding hydrogens is 231 g/mol. The minimum Gasteiger partial charge on any atom is -0.483 e. The SMILES string of the molecule is N#Cc1ccc(OCC(F)(F)F)c(Cl)c1. The van der Waals surface area contributed by atoms with E-state index in [9.17, 15) is 13.2 Å². The van der Waals surface area contributed by atoms with Crippen molar-refractivity contribution >= 4 is 11.6 Å². The highest BCUT2D eigenvalue weighted by Gasteiger charge is 2.28. The Balaban J connectivity index is 2.76. The van der Waals surface area contributed by atoms with Gasteiger partial charge in [0, 0.05) is 0 Å². The van der Waals surface area contributed by atoms with Gasteiger partial charge >= 0.3 is 6.18 Å². The van der Waals surface area contributed by atoms with Gasteiger partial charge in [-0.15, -0.1) is 0 Å². The van der Waals surface area contributed by atoms with E-state index in [-0.39, 0.29) is 16.3 Å². The van der Waals surface area contributed by atoms with E-state index < -0.39 is 12.8 Å². The van der Waals surface area contributed by atoms with Crippen LogP contribution in [0.25, 0.3) is 0 Å². The predicted octanol–water partition coefficient (Wildman–Crippen LogP) is 3.15. The molecule has 0 aromatic heterocycles. The van der Waals surface area contributed by atoms with Crippen LogP contribution < -0.4 is 4.74 Å². The van der Waals surface area contributed by atoms with Crippen molar-refractivity contribution in [1.82, 2.24) is 0 Å². The second-order valence-electron chi connectivity index (χ2n) is 2.66. The summed E-state index contributed by atoms with van der Waals surface area (Å²) >= 11 is 5.59. The molecule has 15 heavy (non-hydrogen) atoms. The largest absolute Gasteiger partial charge is 0.483 e. The predicted molar refractivity (Wildman–Crippen MR) is 47.7 cm³/mol. The number of halogens is 4. The Morgan fingerprint density at radius 2 is 2.07 bits per heavy atom. The Morgan fingerprint density at radius 1 is 1.40 bits per heavy atom. The van der Waals surface area contributed by atoms with Gasteiger partial charge in [0.25, 0.3) is 0 Å². The van der Waals surface area contributed by atoms with Crippen LogP contribution in [0.4, 0.5) is 13.2 Å². The fraction of sp³-hybridized carbons (Fsp3) is 0.222. The summed E-state index contributed by atoms with van der Waals surface area (Å²) < 4.78 is 39.8. The summed E-state index contributed by atoms with van der Waals surface area (Å²) in [5.74, 6) is -0.0898. The van der Waals surface area contributed by atoms with Gasteiger partial charge in [0.2, 0.25) is 0 Å². The summed E-state index contributed by atoms with van der Waals surface area (Å²) in [5.41, 5.74) is 0.263. The Kier molecular flexibility index (Phi) is 3.43. The Morgan fingerprint density at radius 3 is 2.53 bits per heavy atom. The van der Waals surface area contributed by atoms with Crippen molar-refractivity contribution in [2.75, 3.05) is 6.61 Å². The number of nitriles is 1. The maximum absolute atomic E-state index is 11.8. The molecule has 0 unspecified atom stereocenters. The minimum atomic E-state index is -4.41. The van der Waals surface area contributed by atoms with Gasteiger partial charge in [-0.1, -0.05) is 11.6 Å². The molecule has 1 aromatic carbocycles. The number of ether oxygens (including phenoxy) is 1. The van der Waals surface area contributed by atoms with Crippen molar-refractivity contribution < 1.29 is 17.9 Å². The van der Waals surface area contributed by atoms with E-state index in [1.807, 2.05) is 0 Å². The Hall–Kier alpha value is -1.41. The van der Waals surface area contributed by atoms with Crippen LogP contribution in [0, 0.1) is 11.3 Å². The molecule has 2 nitrogen and oxygen atoms in total. The molecule has 0 aliphatic heterocycles. The molecule has 0 saturated heterocycles. The maximum Gasteiger partial charge on any atom is 0.422 e. The van der Waals surface area contributed by atoms with E-state index in [4.69, 9.17) is 16.9 Å². The quantitative estimate of drug-likeness (QED) is 0.789. The smallest absolute Gasteiger partial charge is 0.422 e. The second kappa shape index (κ2) is 4.41. The molecule has 0 saturated carbocycles. The van der Waals surface area contributed by atoms with Gasteiger partial charge in [-0.05, 0) is 18.2 Å². The molecule has 6 heteroatoms. The average Bonchev–Trinajstić information content (AvgIpc) is 2.14. The molecule has 1 rings (SSSR count). The first kappa shape index (κ1) is 11.7. The summed E-state index contributed by atoms with van der Waals surface area (Å²) in [7, 11) is 0. The third-order valence-electron chi connectivity index (χ3n) is 1.45. The monoisotopic (exact) mass is 235 g/mol. The van der Waals surface area contributed by atoms with Crippen molar-refractivity contribution in [3.63, 3.8) is 0 Å². The molecule has 0 fully saturated rings. The molecule has 0 bridgehead atoms. The van der Waals surface area contributed by atoms with Crippen molar-refractivity contribution in [3.05, 3.63) is 28.8 Å². The number of rotatable bonds is 2. The van der Waals surface area contributed by atoms with Crippen molar-refractivity contribution in [1.29, 1.82) is 5.26 Å². The first-order valence-electron chi connectivity index (χ1n) is 3.81. The maximum atomic E-state index is 11.8. The van der Waals surface area contributed by atoms with Gasteiger partial charge in [-0.2, -0.15) is 18.4 Å². The summed E-state index contributed by atoms with van der Waals surface area (Å²) in [6.45, 7) is -1.40. The van der Waals surface area contributed by atoms with E-state index in [1.165, 1.54) is 18.2 Å². The van der Waals surface area contributed by atoms with Crippen LogP contribution in [0.1, 0.15) is 5.56 Å². The van der Waals surface area contributed by atoms with Crippen LogP contribution in [0.2, 0.25) is 5.02 Å². The van der Waals surface area contributed by atoms with Gasteiger partial charge in [-0.3, -0.25) is 0 Å². The normalized spacial score (nSPS) is 10.9. The van der Waals surface area contributed by atoms with Crippen LogP contribution >= 0.6 is 11.6 Å². The van der Waals surface area contributed by atoms with Gasteiger partial charge in [-0.25, -0.2) is 0 Å². The first-order valence-corrected chi connectivity index (χ1v) is 4.19. The standard InChI is InChI=1S/C9H5ClF3NO/c10-7-3-6(4-14)1-2-8(7)15-5-9(11,12)13/h1-3H,5H2. The lowest BCUT2D eigenvalue weighted by Gasteiger charge is -2.10. The molecule has 0 aliphatic rings. The fourth-order valence-corrected chi connectivity index (χ4v) is 1.08. The Bertz CT molecular complexity index is 397. The van der Waals surface area contributed by atoms with E-state index in [1.54, 1.807) is 6.07 Å². The molecule has 0 spiro atoms. The highest BCUT2D eigenvalue weighted by Crippen LogP contribution is 2.27. The van der Waals surface area contributed by atoms with Crippen LogP contribution in [-0.2, 0) is 0 Å². The fourth-order valence-electron chi connectivity index (χ4n) is 0.847. The summed E-state index contributed by atoms with van der Waals surface area (Å²) in [6.07, 6.45) is -4.41. The minimum absolute atomic E-state index is 0.0155. The lowest BCUT2D eigenvalue weighted by Crippen LogP contribution is -2.19. The first-order chi connectivity index (χ1) is 6.92. The van der Waals surface area contributed by atoms with Crippen LogP contribution in [-0.4, -0.2) is 12.8 Å². The molecule has 0 amide bonds. The van der Waals surface area contributed by atoms with Gasteiger partial charge in [0.1, 0.15) is 5.75 Å². The van der Waals surface area contributed by atoms with Gasteiger partial charge in [0.15, 0.2) is 6.61 Å². The van der Waals surface area contributed by atoms with Crippen LogP contribution in [0.5, 0.6) is 5.75 Å². The number of nitrogens with zero attached hydrogens (tertiary/aromatic N) is 1. The van der Waals surface area contributed by atoms with Crippen molar-refractivity contribution in [3.8, 4) is 11.8 Å². The third-order valence-corrected chi connectivity index (χ3v) is 1.75. The molecule has 0 aliphatic carbocycles. The van der Waals surface area contributed by atoms with E-state index >= 15 is 0 Å². The van der Waals surface area contributed by atoms with Crippen LogP contribution in [0.3, 0.4) is 0 Å². The number of hydrogen-bond donors (Lipinski definition) is 0. The highest BCUT2D eigenvalue weighted by molar-refractivity contribution is 6.32. The second-order valence-corrected chi connectivity index (χ2v) is 3.07. The molecule has 0 heterocycles. The molecule has 0 radical (unpaired) electrons. The summed E-state index contributed by atoms with van der Waals surface area (Å²) in [4.78, 5) is 0. The summed E-state index contributed by atoms with van der Waals surface area (Å²) in [6, 6.07) is 5.61. The third kappa shape index (κ3) is 3.68. The zero-order valence-corrected chi connectivity index (χ0v) is 8.06. The number of benzene rings is 1. The molecule has 0 N–H and O–H groups in total. The lowest BCUT2D eigenvalue weighted by molar-refractivity contribution is -0.153. The average molecular weight is 236 g/mol. The zero-order valence-electron chi connectivity index (χ0n) is 7.31. The van der Waals surface area contributed by atoms with Crippen LogP contribution in [0.15, 0.2) is 18.2 Å². The summed E-state index contributed by atoms with van der Waals surface area (Å²) in [5, 5.41) is 8.47. The zero-order chi connectivity index (χ0) is 11.5. The van der Waals surface area contributed by atoms with Crippen molar-refractivity contribution in [2.45, 2.75) is 6.18 Å².